The van der Waals surface area contributed by atoms with Gasteiger partial charge in [0.1, 0.15) is 0 Å². The summed E-state index contributed by atoms with van der Waals surface area (Å²) >= 11 is 0. The maximum Gasteiger partial charge on any atom is 0.306 e. The SMILES string of the molecule is CCCCC1(O)CCC(C(=O)O)CC1. The third-order valence-corrected chi connectivity index (χ3v) is 3.26. The van der Waals surface area contributed by atoms with Crippen molar-refractivity contribution in [2.75, 3.05) is 0 Å². The quantitative estimate of drug-likeness (QED) is 0.731. The number of carboxylic acid groups (broad SMARTS) is 1. The first-order valence-corrected chi connectivity index (χ1v) is 5.52. The molecule has 0 aliphatic heterocycles. The molecule has 0 atom stereocenters. The number of carbonyl (C=O) groups is 1. The second-order valence-electron chi connectivity index (χ2n) is 4.44. The van der Waals surface area contributed by atoms with Crippen LogP contribution in [0.1, 0.15) is 51.9 Å². The lowest BCUT2D eigenvalue weighted by atomic mass is 9.76. The van der Waals surface area contributed by atoms with Crippen LogP contribution in [-0.2, 0) is 4.79 Å². The van der Waals surface area contributed by atoms with Crippen LogP contribution in [0.3, 0.4) is 0 Å². The van der Waals surface area contributed by atoms with Crippen molar-refractivity contribution in [1.29, 1.82) is 0 Å². The zero-order chi connectivity index (χ0) is 10.6. The van der Waals surface area contributed by atoms with Gasteiger partial charge in [0.05, 0.1) is 11.5 Å². The first-order chi connectivity index (χ1) is 6.57. The van der Waals surface area contributed by atoms with Crippen molar-refractivity contribution in [2.24, 2.45) is 5.92 Å². The third-order valence-electron chi connectivity index (χ3n) is 3.26. The molecular formula is C11H20O3. The average Bonchev–Trinajstić information content (AvgIpc) is 2.16. The highest BCUT2D eigenvalue weighted by atomic mass is 16.4. The number of unbranched alkanes of at least 4 members (excludes halogenated alkanes) is 1. The number of rotatable bonds is 4. The van der Waals surface area contributed by atoms with Crippen LogP contribution in [0.15, 0.2) is 0 Å². The number of hydrogen-bond donors (Lipinski definition) is 2. The topological polar surface area (TPSA) is 57.5 Å². The second-order valence-corrected chi connectivity index (χ2v) is 4.44. The molecule has 3 nitrogen and oxygen atoms in total. The minimum Gasteiger partial charge on any atom is -0.481 e. The third kappa shape index (κ3) is 2.98. The first kappa shape index (κ1) is 11.5. The minimum atomic E-state index is -0.706. The Morgan fingerprint density at radius 1 is 1.43 bits per heavy atom. The van der Waals surface area contributed by atoms with Gasteiger partial charge in [0.15, 0.2) is 0 Å². The molecule has 0 heterocycles. The smallest absolute Gasteiger partial charge is 0.306 e. The predicted octanol–water partition coefficient (Wildman–Crippen LogP) is 2.18. The molecule has 0 bridgehead atoms. The van der Waals surface area contributed by atoms with Crippen molar-refractivity contribution in [1.82, 2.24) is 0 Å². The maximum atomic E-state index is 10.7. The van der Waals surface area contributed by atoms with Crippen molar-refractivity contribution in [3.63, 3.8) is 0 Å². The summed E-state index contributed by atoms with van der Waals surface area (Å²) in [7, 11) is 0. The van der Waals surface area contributed by atoms with E-state index in [1.807, 2.05) is 0 Å². The summed E-state index contributed by atoms with van der Waals surface area (Å²) in [5.41, 5.74) is -0.567. The molecule has 0 radical (unpaired) electrons. The van der Waals surface area contributed by atoms with Crippen LogP contribution in [0.25, 0.3) is 0 Å². The molecule has 1 saturated carbocycles. The number of aliphatic hydroxyl groups is 1. The van der Waals surface area contributed by atoms with E-state index >= 15 is 0 Å². The normalized spacial score (nSPS) is 32.9. The van der Waals surface area contributed by atoms with E-state index in [9.17, 15) is 9.90 Å². The van der Waals surface area contributed by atoms with E-state index in [1.54, 1.807) is 0 Å². The first-order valence-electron chi connectivity index (χ1n) is 5.52. The molecule has 0 aromatic carbocycles. The van der Waals surface area contributed by atoms with E-state index in [1.165, 1.54) is 0 Å². The molecule has 1 rings (SSSR count). The molecule has 2 N–H and O–H groups in total. The Balaban J connectivity index is 2.36. The molecule has 0 saturated heterocycles. The lowest BCUT2D eigenvalue weighted by Crippen LogP contribution is -2.35. The molecule has 0 amide bonds. The van der Waals surface area contributed by atoms with Gasteiger partial charge in [-0.15, -0.1) is 0 Å². The van der Waals surface area contributed by atoms with Gasteiger partial charge >= 0.3 is 5.97 Å². The fourth-order valence-electron chi connectivity index (χ4n) is 2.16. The van der Waals surface area contributed by atoms with Gasteiger partial charge in [-0.3, -0.25) is 4.79 Å². The van der Waals surface area contributed by atoms with Crippen LogP contribution in [0.2, 0.25) is 0 Å². The molecule has 0 aromatic heterocycles. The zero-order valence-corrected chi connectivity index (χ0v) is 8.83. The van der Waals surface area contributed by atoms with Gasteiger partial charge in [-0.1, -0.05) is 19.8 Å². The molecule has 14 heavy (non-hydrogen) atoms. The average molecular weight is 200 g/mol. The van der Waals surface area contributed by atoms with Crippen LogP contribution >= 0.6 is 0 Å². The Kier molecular flexibility index (Phi) is 3.93. The Labute approximate surface area is 85.1 Å². The van der Waals surface area contributed by atoms with Crippen molar-refractivity contribution in [2.45, 2.75) is 57.5 Å². The number of hydrogen-bond acceptors (Lipinski definition) is 2. The monoisotopic (exact) mass is 200 g/mol. The molecule has 1 aliphatic rings. The molecule has 1 aliphatic carbocycles. The molecule has 0 aromatic rings. The highest BCUT2D eigenvalue weighted by Gasteiger charge is 2.34. The van der Waals surface area contributed by atoms with Crippen LogP contribution in [0.5, 0.6) is 0 Å². The lowest BCUT2D eigenvalue weighted by molar-refractivity contribution is -0.144. The molecule has 82 valence electrons. The van der Waals surface area contributed by atoms with Crippen molar-refractivity contribution >= 4 is 5.97 Å². The van der Waals surface area contributed by atoms with E-state index in [0.717, 1.165) is 19.3 Å². The molecule has 1 fully saturated rings. The van der Waals surface area contributed by atoms with Crippen molar-refractivity contribution < 1.29 is 15.0 Å². The minimum absolute atomic E-state index is 0.225. The summed E-state index contributed by atoms with van der Waals surface area (Å²) in [4.78, 5) is 10.7. The second kappa shape index (κ2) is 4.78. The van der Waals surface area contributed by atoms with Gasteiger partial charge in [-0.05, 0) is 32.1 Å². The fourth-order valence-corrected chi connectivity index (χ4v) is 2.16. The van der Waals surface area contributed by atoms with Gasteiger partial charge in [0, 0.05) is 0 Å². The Morgan fingerprint density at radius 3 is 2.43 bits per heavy atom. The van der Waals surface area contributed by atoms with Crippen LogP contribution in [0, 0.1) is 5.92 Å². The predicted molar refractivity (Wildman–Crippen MR) is 54.1 cm³/mol. The molecular weight excluding hydrogens is 180 g/mol. The molecule has 0 spiro atoms. The lowest BCUT2D eigenvalue weighted by Gasteiger charge is -2.34. The zero-order valence-electron chi connectivity index (χ0n) is 8.83. The van der Waals surface area contributed by atoms with Crippen LogP contribution in [0.4, 0.5) is 0 Å². The van der Waals surface area contributed by atoms with Gasteiger partial charge in [-0.2, -0.15) is 0 Å². The summed E-state index contributed by atoms with van der Waals surface area (Å²) in [6, 6.07) is 0. The van der Waals surface area contributed by atoms with E-state index in [2.05, 4.69) is 6.92 Å². The molecule has 3 heteroatoms. The Bertz CT molecular complexity index is 193. The van der Waals surface area contributed by atoms with Crippen molar-refractivity contribution in [3.8, 4) is 0 Å². The Hall–Kier alpha value is -0.570. The highest BCUT2D eigenvalue weighted by molar-refractivity contribution is 5.70. The van der Waals surface area contributed by atoms with Gasteiger partial charge in [0.25, 0.3) is 0 Å². The van der Waals surface area contributed by atoms with Gasteiger partial charge in [-0.25, -0.2) is 0 Å². The van der Waals surface area contributed by atoms with E-state index in [4.69, 9.17) is 5.11 Å². The number of carboxylic acids is 1. The largest absolute Gasteiger partial charge is 0.481 e. The fraction of sp³-hybridized carbons (Fsp3) is 0.909. The van der Waals surface area contributed by atoms with Gasteiger partial charge < -0.3 is 10.2 Å². The summed E-state index contributed by atoms with van der Waals surface area (Å²) in [5.74, 6) is -0.931. The summed E-state index contributed by atoms with van der Waals surface area (Å²) in [6.45, 7) is 2.10. The van der Waals surface area contributed by atoms with Crippen molar-refractivity contribution in [3.05, 3.63) is 0 Å². The Morgan fingerprint density at radius 2 is 2.00 bits per heavy atom. The van der Waals surface area contributed by atoms with E-state index in [-0.39, 0.29) is 5.92 Å². The molecule has 0 unspecified atom stereocenters. The summed E-state index contributed by atoms with van der Waals surface area (Å²) in [6.07, 6.45) is 5.54. The summed E-state index contributed by atoms with van der Waals surface area (Å²) in [5, 5.41) is 18.9. The standard InChI is InChI=1S/C11H20O3/c1-2-3-6-11(14)7-4-9(5-8-11)10(12)13/h9,14H,2-8H2,1H3,(H,12,13). The highest BCUT2D eigenvalue weighted by Crippen LogP contribution is 2.35. The number of aliphatic carboxylic acids is 1. The van der Waals surface area contributed by atoms with Gasteiger partial charge in [0.2, 0.25) is 0 Å². The van der Waals surface area contributed by atoms with Crippen LogP contribution < -0.4 is 0 Å². The van der Waals surface area contributed by atoms with Crippen LogP contribution in [-0.4, -0.2) is 21.8 Å². The summed E-state index contributed by atoms with van der Waals surface area (Å²) < 4.78 is 0. The maximum absolute atomic E-state index is 10.7. The van der Waals surface area contributed by atoms with E-state index in [0.29, 0.717) is 25.7 Å². The van der Waals surface area contributed by atoms with E-state index < -0.39 is 11.6 Å².